The molecule has 0 fully saturated rings. The number of rotatable bonds is 3. The van der Waals surface area contributed by atoms with E-state index in [9.17, 15) is 5.11 Å². The smallest absolute Gasteiger partial charge is 0.0826 e. The molecule has 0 amide bonds. The van der Waals surface area contributed by atoms with Gasteiger partial charge in [-0.05, 0) is 35.8 Å². The SMILES string of the molecule is Cc1cc(C(O)C(C)C(C)C)cs1. The van der Waals surface area contributed by atoms with Crippen molar-refractivity contribution in [3.63, 3.8) is 0 Å². The van der Waals surface area contributed by atoms with Crippen molar-refractivity contribution in [3.8, 4) is 0 Å². The van der Waals surface area contributed by atoms with Crippen LogP contribution < -0.4 is 0 Å². The first kappa shape index (κ1) is 10.7. The minimum Gasteiger partial charge on any atom is -0.388 e. The Morgan fingerprint density at radius 1 is 1.31 bits per heavy atom. The van der Waals surface area contributed by atoms with Crippen LogP contribution in [-0.2, 0) is 0 Å². The summed E-state index contributed by atoms with van der Waals surface area (Å²) in [6.07, 6.45) is -0.301. The Bertz CT molecular complexity index is 265. The highest BCUT2D eigenvalue weighted by molar-refractivity contribution is 7.10. The van der Waals surface area contributed by atoms with E-state index >= 15 is 0 Å². The molecule has 1 rings (SSSR count). The molecule has 2 atom stereocenters. The summed E-state index contributed by atoms with van der Waals surface area (Å²) in [7, 11) is 0. The Morgan fingerprint density at radius 3 is 2.31 bits per heavy atom. The fraction of sp³-hybridized carbons (Fsp3) is 0.636. The van der Waals surface area contributed by atoms with E-state index < -0.39 is 0 Å². The third-order valence-corrected chi connectivity index (χ3v) is 3.52. The van der Waals surface area contributed by atoms with E-state index in [1.807, 2.05) is 0 Å². The lowest BCUT2D eigenvalue weighted by molar-refractivity contribution is 0.0925. The highest BCUT2D eigenvalue weighted by Crippen LogP contribution is 2.29. The lowest BCUT2D eigenvalue weighted by atomic mass is 9.89. The second kappa shape index (κ2) is 4.25. The fourth-order valence-corrected chi connectivity index (χ4v) is 2.02. The summed E-state index contributed by atoms with van der Waals surface area (Å²) < 4.78 is 0. The molecule has 0 aliphatic heterocycles. The lowest BCUT2D eigenvalue weighted by Crippen LogP contribution is -2.14. The quantitative estimate of drug-likeness (QED) is 0.789. The van der Waals surface area contributed by atoms with Crippen molar-refractivity contribution in [1.82, 2.24) is 0 Å². The van der Waals surface area contributed by atoms with Crippen LogP contribution >= 0.6 is 11.3 Å². The first-order chi connectivity index (χ1) is 6.02. The molecule has 0 bridgehead atoms. The average molecular weight is 198 g/mol. The van der Waals surface area contributed by atoms with Gasteiger partial charge in [-0.25, -0.2) is 0 Å². The summed E-state index contributed by atoms with van der Waals surface area (Å²) in [4.78, 5) is 1.27. The zero-order valence-corrected chi connectivity index (χ0v) is 9.56. The predicted octanol–water partition coefficient (Wildman–Crippen LogP) is 3.38. The molecule has 0 saturated carbocycles. The Hall–Kier alpha value is -0.340. The standard InChI is InChI=1S/C11H18OS/c1-7(2)9(4)11(12)10-5-8(3)13-6-10/h5-7,9,11-12H,1-4H3. The first-order valence-corrected chi connectivity index (χ1v) is 5.63. The highest BCUT2D eigenvalue weighted by atomic mass is 32.1. The van der Waals surface area contributed by atoms with E-state index in [4.69, 9.17) is 0 Å². The third-order valence-electron chi connectivity index (χ3n) is 2.64. The fourth-order valence-electron chi connectivity index (χ4n) is 1.29. The van der Waals surface area contributed by atoms with Crippen LogP contribution in [0, 0.1) is 18.8 Å². The van der Waals surface area contributed by atoms with E-state index in [1.165, 1.54) is 4.88 Å². The van der Waals surface area contributed by atoms with Crippen LogP contribution in [0.2, 0.25) is 0 Å². The zero-order valence-electron chi connectivity index (χ0n) is 8.74. The molecule has 0 saturated heterocycles. The molecule has 0 aliphatic carbocycles. The summed E-state index contributed by atoms with van der Waals surface area (Å²) in [6, 6.07) is 2.08. The minimum absolute atomic E-state index is 0.301. The maximum Gasteiger partial charge on any atom is 0.0826 e. The molecule has 0 aromatic carbocycles. The van der Waals surface area contributed by atoms with Crippen molar-refractivity contribution in [3.05, 3.63) is 21.9 Å². The van der Waals surface area contributed by atoms with Gasteiger partial charge in [-0.1, -0.05) is 20.8 Å². The maximum atomic E-state index is 9.98. The van der Waals surface area contributed by atoms with Gasteiger partial charge in [-0.2, -0.15) is 0 Å². The summed E-state index contributed by atoms with van der Waals surface area (Å²) in [5, 5.41) is 12.0. The Morgan fingerprint density at radius 2 is 1.92 bits per heavy atom. The topological polar surface area (TPSA) is 20.2 Å². The average Bonchev–Trinajstić information content (AvgIpc) is 2.49. The van der Waals surface area contributed by atoms with Gasteiger partial charge in [0.1, 0.15) is 0 Å². The van der Waals surface area contributed by atoms with Crippen LogP contribution in [0.5, 0.6) is 0 Å². The molecule has 2 unspecified atom stereocenters. The molecule has 74 valence electrons. The van der Waals surface area contributed by atoms with Gasteiger partial charge in [0.2, 0.25) is 0 Å². The van der Waals surface area contributed by atoms with Crippen molar-refractivity contribution in [2.45, 2.75) is 33.8 Å². The normalized spacial score (nSPS) is 16.2. The largest absolute Gasteiger partial charge is 0.388 e. The van der Waals surface area contributed by atoms with Gasteiger partial charge in [0.05, 0.1) is 6.10 Å². The molecule has 0 aliphatic rings. The number of aryl methyl sites for hydroxylation is 1. The van der Waals surface area contributed by atoms with E-state index in [0.717, 1.165) is 5.56 Å². The molecule has 1 aromatic rings. The van der Waals surface area contributed by atoms with Crippen molar-refractivity contribution >= 4 is 11.3 Å². The van der Waals surface area contributed by atoms with Gasteiger partial charge in [-0.3, -0.25) is 0 Å². The second-order valence-corrected chi connectivity index (χ2v) is 5.15. The number of aliphatic hydroxyl groups is 1. The van der Waals surface area contributed by atoms with Crippen LogP contribution in [0.3, 0.4) is 0 Å². The Labute approximate surface area is 84.4 Å². The van der Waals surface area contributed by atoms with Gasteiger partial charge in [-0.15, -0.1) is 11.3 Å². The molecule has 1 aromatic heterocycles. The van der Waals surface area contributed by atoms with Crippen LogP contribution in [0.1, 0.15) is 37.3 Å². The zero-order chi connectivity index (χ0) is 10.0. The van der Waals surface area contributed by atoms with Gasteiger partial charge >= 0.3 is 0 Å². The van der Waals surface area contributed by atoms with Gasteiger partial charge in [0.15, 0.2) is 0 Å². The van der Waals surface area contributed by atoms with Gasteiger partial charge in [0, 0.05) is 4.88 Å². The van der Waals surface area contributed by atoms with Crippen LogP contribution in [0.15, 0.2) is 11.4 Å². The van der Waals surface area contributed by atoms with Crippen molar-refractivity contribution < 1.29 is 5.11 Å². The number of thiophene rings is 1. The molecule has 1 nitrogen and oxygen atoms in total. The molecule has 13 heavy (non-hydrogen) atoms. The molecule has 1 N–H and O–H groups in total. The van der Waals surface area contributed by atoms with E-state index in [1.54, 1.807) is 11.3 Å². The maximum absolute atomic E-state index is 9.98. The van der Waals surface area contributed by atoms with Crippen molar-refractivity contribution in [1.29, 1.82) is 0 Å². The minimum atomic E-state index is -0.301. The molecule has 1 heterocycles. The van der Waals surface area contributed by atoms with E-state index in [-0.39, 0.29) is 6.10 Å². The summed E-state index contributed by atoms with van der Waals surface area (Å²) >= 11 is 1.70. The molecule has 2 heteroatoms. The second-order valence-electron chi connectivity index (χ2n) is 4.04. The van der Waals surface area contributed by atoms with Crippen molar-refractivity contribution in [2.24, 2.45) is 11.8 Å². The number of aliphatic hydroxyl groups excluding tert-OH is 1. The van der Waals surface area contributed by atoms with Crippen molar-refractivity contribution in [2.75, 3.05) is 0 Å². The van der Waals surface area contributed by atoms with E-state index in [2.05, 4.69) is 39.1 Å². The van der Waals surface area contributed by atoms with Crippen LogP contribution in [0.25, 0.3) is 0 Å². The van der Waals surface area contributed by atoms with Crippen LogP contribution in [0.4, 0.5) is 0 Å². The van der Waals surface area contributed by atoms with Gasteiger partial charge in [0.25, 0.3) is 0 Å². The molecular formula is C11H18OS. The monoisotopic (exact) mass is 198 g/mol. The number of hydrogen-bond acceptors (Lipinski definition) is 2. The summed E-state index contributed by atoms with van der Waals surface area (Å²) in [6.45, 7) is 8.46. The molecule has 0 radical (unpaired) electrons. The lowest BCUT2D eigenvalue weighted by Gasteiger charge is -2.21. The van der Waals surface area contributed by atoms with E-state index in [0.29, 0.717) is 11.8 Å². The molecular weight excluding hydrogens is 180 g/mol. The Balaban J connectivity index is 2.73. The predicted molar refractivity (Wildman–Crippen MR) is 58.0 cm³/mol. The van der Waals surface area contributed by atoms with Crippen LogP contribution in [-0.4, -0.2) is 5.11 Å². The summed E-state index contributed by atoms with van der Waals surface area (Å²) in [5.41, 5.74) is 1.07. The Kier molecular flexibility index (Phi) is 3.51. The molecule has 0 spiro atoms. The number of hydrogen-bond donors (Lipinski definition) is 1. The summed E-state index contributed by atoms with van der Waals surface area (Å²) in [5.74, 6) is 0.851. The van der Waals surface area contributed by atoms with Gasteiger partial charge < -0.3 is 5.11 Å². The first-order valence-electron chi connectivity index (χ1n) is 4.75. The highest BCUT2D eigenvalue weighted by Gasteiger charge is 2.19. The third kappa shape index (κ3) is 2.55.